The Kier molecular flexibility index (Phi) is 8.83. The quantitative estimate of drug-likeness (QED) is 0.462. The summed E-state index contributed by atoms with van der Waals surface area (Å²) >= 11 is 1.66. The number of amides is 1. The van der Waals surface area contributed by atoms with Gasteiger partial charge in [-0.2, -0.15) is 0 Å². The lowest BCUT2D eigenvalue weighted by atomic mass is 9.85. The van der Waals surface area contributed by atoms with Crippen molar-refractivity contribution in [2.24, 2.45) is 0 Å². The van der Waals surface area contributed by atoms with E-state index in [0.717, 1.165) is 34.8 Å². The van der Waals surface area contributed by atoms with Crippen molar-refractivity contribution in [1.29, 1.82) is 0 Å². The van der Waals surface area contributed by atoms with E-state index < -0.39 is 34.5 Å². The highest BCUT2D eigenvalue weighted by molar-refractivity contribution is 8.18. The van der Waals surface area contributed by atoms with Crippen LogP contribution in [-0.2, 0) is 14.4 Å². The summed E-state index contributed by atoms with van der Waals surface area (Å²) in [6.45, 7) is 0.708. The number of thioether (sulfide) groups is 2. The summed E-state index contributed by atoms with van der Waals surface area (Å²) in [5.74, 6) is -2.54. The van der Waals surface area contributed by atoms with E-state index in [1.165, 1.54) is 0 Å². The highest BCUT2D eigenvalue weighted by atomic mass is 32.2. The van der Waals surface area contributed by atoms with E-state index in [-0.39, 0.29) is 28.9 Å². The molecule has 3 atom stereocenters. The summed E-state index contributed by atoms with van der Waals surface area (Å²) in [7, 11) is 0. The Morgan fingerprint density at radius 3 is 2.14 bits per heavy atom. The van der Waals surface area contributed by atoms with Crippen molar-refractivity contribution in [2.45, 2.75) is 42.5 Å². The molecular weight excluding hydrogens is 512 g/mol. The van der Waals surface area contributed by atoms with Crippen molar-refractivity contribution >= 4 is 51.4 Å². The first-order valence-corrected chi connectivity index (χ1v) is 14.0. The Labute approximate surface area is 223 Å². The fraction of sp³-hybridized carbons (Fsp3) is 0.370. The molecule has 10 heteroatoms. The van der Waals surface area contributed by atoms with Crippen LogP contribution in [0.4, 0.5) is 0 Å². The topological polar surface area (TPSA) is 121 Å². The zero-order valence-corrected chi connectivity index (χ0v) is 21.8. The van der Waals surface area contributed by atoms with Crippen LogP contribution in [0.2, 0.25) is 0 Å². The summed E-state index contributed by atoms with van der Waals surface area (Å²) in [5, 5.41) is 11.6. The molecule has 0 radical (unpaired) electrons. The van der Waals surface area contributed by atoms with Gasteiger partial charge in [-0.15, -0.1) is 0 Å². The lowest BCUT2D eigenvalue weighted by Gasteiger charge is -2.36. The first-order valence-electron chi connectivity index (χ1n) is 12.2. The molecule has 2 N–H and O–H groups in total. The van der Waals surface area contributed by atoms with Crippen molar-refractivity contribution in [1.82, 2.24) is 10.2 Å². The maximum Gasteiger partial charge on any atom is 0.337 e. The number of nitrogens with one attached hydrogen (secondary N) is 1. The zero-order chi connectivity index (χ0) is 26.4. The molecular formula is C27H28N2O6S2. The fourth-order valence-electron chi connectivity index (χ4n) is 4.81. The minimum absolute atomic E-state index is 0.0190. The number of ketones is 1. The average Bonchev–Trinajstić information content (AvgIpc) is 3.62. The number of rotatable bonds is 9. The summed E-state index contributed by atoms with van der Waals surface area (Å²) in [5.41, 5.74) is -1.13. The number of nitrogens with zero attached hydrogens (tertiary/aromatic N) is 1. The minimum atomic E-state index is -1.98. The number of hydrogen-bond acceptors (Lipinski definition) is 8. The lowest BCUT2D eigenvalue weighted by Crippen LogP contribution is -2.63. The summed E-state index contributed by atoms with van der Waals surface area (Å²) in [4.78, 5) is 66.9. The van der Waals surface area contributed by atoms with E-state index in [4.69, 9.17) is 0 Å². The van der Waals surface area contributed by atoms with E-state index in [1.807, 2.05) is 0 Å². The Morgan fingerprint density at radius 2 is 1.57 bits per heavy atom. The van der Waals surface area contributed by atoms with Gasteiger partial charge in [0.1, 0.15) is 5.25 Å². The third-order valence-corrected chi connectivity index (χ3v) is 9.01. The van der Waals surface area contributed by atoms with Crippen molar-refractivity contribution in [2.75, 3.05) is 18.8 Å². The van der Waals surface area contributed by atoms with E-state index in [1.54, 1.807) is 60.7 Å². The van der Waals surface area contributed by atoms with Gasteiger partial charge in [0.15, 0.2) is 5.78 Å². The first kappa shape index (κ1) is 27.1. The SMILES string of the molecule is O=C(SCC(SC(=O)c1ccccc1)C(=O)N1CCCC1(C(=O)O)C(=O)C1CCCN1)c1ccccc1. The van der Waals surface area contributed by atoms with E-state index >= 15 is 0 Å². The molecule has 0 aliphatic carbocycles. The van der Waals surface area contributed by atoms with Crippen molar-refractivity contribution in [3.63, 3.8) is 0 Å². The fourth-order valence-corrected chi connectivity index (χ4v) is 6.79. The van der Waals surface area contributed by atoms with Crippen LogP contribution in [-0.4, -0.2) is 73.6 Å². The Bertz CT molecular complexity index is 1170. The summed E-state index contributed by atoms with van der Waals surface area (Å²) < 4.78 is 0. The van der Waals surface area contributed by atoms with Crippen LogP contribution in [0.1, 0.15) is 46.4 Å². The molecule has 194 valence electrons. The standard InChI is InChI=1S/C27H28N2O6S2/c30-22(20-13-7-15-28-20)27(26(34)35)14-8-16-29(27)23(31)21(37-25(33)19-11-5-2-6-12-19)17-36-24(32)18-9-3-1-4-10-18/h1-6,9-12,20-21,28H,7-8,13-17H2,(H,34,35). The molecule has 2 fully saturated rings. The van der Waals surface area contributed by atoms with Crippen LogP contribution in [0, 0.1) is 0 Å². The van der Waals surface area contributed by atoms with E-state index in [2.05, 4.69) is 5.32 Å². The number of carboxylic acid groups (broad SMARTS) is 1. The second-order valence-electron chi connectivity index (χ2n) is 9.00. The number of benzene rings is 2. The second kappa shape index (κ2) is 12.1. The van der Waals surface area contributed by atoms with Gasteiger partial charge in [0.05, 0.1) is 6.04 Å². The number of aliphatic carboxylic acids is 1. The number of carbonyl (C=O) groups excluding carboxylic acids is 4. The smallest absolute Gasteiger partial charge is 0.337 e. The van der Waals surface area contributed by atoms with Gasteiger partial charge in [0.25, 0.3) is 0 Å². The molecule has 4 rings (SSSR count). The normalized spacial score (nSPS) is 21.9. The van der Waals surface area contributed by atoms with Gasteiger partial charge in [0, 0.05) is 23.4 Å². The molecule has 0 spiro atoms. The van der Waals surface area contributed by atoms with Gasteiger partial charge in [-0.3, -0.25) is 19.2 Å². The summed E-state index contributed by atoms with van der Waals surface area (Å²) in [6, 6.07) is 16.4. The Balaban J connectivity index is 1.60. The molecule has 2 aromatic rings. The lowest BCUT2D eigenvalue weighted by molar-refractivity contribution is -0.162. The van der Waals surface area contributed by atoms with E-state index in [0.29, 0.717) is 30.5 Å². The molecule has 8 nitrogen and oxygen atoms in total. The monoisotopic (exact) mass is 540 g/mol. The Hall–Kier alpha value is -2.95. The molecule has 1 amide bonds. The highest BCUT2D eigenvalue weighted by Gasteiger charge is 2.58. The predicted molar refractivity (Wildman–Crippen MR) is 143 cm³/mol. The number of carboxylic acids is 1. The minimum Gasteiger partial charge on any atom is -0.479 e. The van der Waals surface area contributed by atoms with Crippen molar-refractivity contribution in [3.05, 3.63) is 71.8 Å². The molecule has 3 unspecified atom stereocenters. The van der Waals surface area contributed by atoms with Gasteiger partial charge in [-0.05, 0) is 32.2 Å². The molecule has 37 heavy (non-hydrogen) atoms. The van der Waals surface area contributed by atoms with Gasteiger partial charge in [0.2, 0.25) is 21.7 Å². The largest absolute Gasteiger partial charge is 0.479 e. The third kappa shape index (κ3) is 5.81. The number of carbonyl (C=O) groups is 5. The second-order valence-corrected chi connectivity index (χ2v) is 11.2. The molecule has 2 heterocycles. The van der Waals surface area contributed by atoms with Crippen LogP contribution in [0.25, 0.3) is 0 Å². The van der Waals surface area contributed by atoms with Crippen molar-refractivity contribution in [3.8, 4) is 0 Å². The van der Waals surface area contributed by atoms with Crippen LogP contribution in [0.15, 0.2) is 60.7 Å². The average molecular weight is 541 g/mol. The number of likely N-dealkylation sites (tertiary alicyclic amines) is 1. The summed E-state index contributed by atoms with van der Waals surface area (Å²) in [6.07, 6.45) is 1.64. The molecule has 0 aromatic heterocycles. The van der Waals surface area contributed by atoms with Gasteiger partial charge < -0.3 is 15.3 Å². The van der Waals surface area contributed by atoms with Crippen LogP contribution < -0.4 is 5.32 Å². The van der Waals surface area contributed by atoms with Gasteiger partial charge in [-0.1, -0.05) is 84.2 Å². The van der Waals surface area contributed by atoms with Crippen molar-refractivity contribution < 1.29 is 29.1 Å². The van der Waals surface area contributed by atoms with Crippen LogP contribution in [0.5, 0.6) is 0 Å². The third-order valence-electron chi connectivity index (χ3n) is 6.69. The molecule has 2 aliphatic rings. The maximum absolute atomic E-state index is 13.9. The van der Waals surface area contributed by atoms with Gasteiger partial charge in [-0.25, -0.2) is 4.79 Å². The maximum atomic E-state index is 13.9. The molecule has 2 aliphatic heterocycles. The number of hydrogen-bond donors (Lipinski definition) is 2. The predicted octanol–water partition coefficient (Wildman–Crippen LogP) is 3.27. The molecule has 2 saturated heterocycles. The number of Topliss-reactive ketones (excluding diaryl/α,β-unsaturated/α-hetero) is 1. The molecule has 0 saturated carbocycles. The Morgan fingerprint density at radius 1 is 0.946 bits per heavy atom. The van der Waals surface area contributed by atoms with Gasteiger partial charge >= 0.3 is 5.97 Å². The van der Waals surface area contributed by atoms with Crippen LogP contribution >= 0.6 is 23.5 Å². The highest BCUT2D eigenvalue weighted by Crippen LogP contribution is 2.36. The molecule has 2 aromatic carbocycles. The molecule has 0 bridgehead atoms. The zero-order valence-electron chi connectivity index (χ0n) is 20.1. The first-order chi connectivity index (χ1) is 17.8. The van der Waals surface area contributed by atoms with Crippen LogP contribution in [0.3, 0.4) is 0 Å². The van der Waals surface area contributed by atoms with E-state index in [9.17, 15) is 29.1 Å².